The highest BCUT2D eigenvalue weighted by molar-refractivity contribution is 6.43. The van der Waals surface area contributed by atoms with E-state index in [-0.39, 0.29) is 5.92 Å². The van der Waals surface area contributed by atoms with E-state index < -0.39 is 11.8 Å². The van der Waals surface area contributed by atoms with Crippen LogP contribution in [-0.2, 0) is 9.59 Å². The zero-order chi connectivity index (χ0) is 17.0. The summed E-state index contributed by atoms with van der Waals surface area (Å²) in [7, 11) is 0. The quantitative estimate of drug-likeness (QED) is 0.842. The first-order valence-electron chi connectivity index (χ1n) is 7.66. The fourth-order valence-corrected chi connectivity index (χ4v) is 2.53. The van der Waals surface area contributed by atoms with Gasteiger partial charge in [-0.2, -0.15) is 0 Å². The summed E-state index contributed by atoms with van der Waals surface area (Å²) < 4.78 is 0. The van der Waals surface area contributed by atoms with Gasteiger partial charge in [-0.1, -0.05) is 38.1 Å². The van der Waals surface area contributed by atoms with Gasteiger partial charge in [-0.3, -0.25) is 9.59 Å². The number of para-hydroxylation sites is 1. The molecule has 4 nitrogen and oxygen atoms in total. The molecule has 4 heteroatoms. The van der Waals surface area contributed by atoms with Crippen molar-refractivity contribution in [3.63, 3.8) is 0 Å². The highest BCUT2D eigenvalue weighted by atomic mass is 16.2. The lowest BCUT2D eigenvalue weighted by Crippen LogP contribution is -2.29. The Morgan fingerprint density at radius 1 is 0.870 bits per heavy atom. The summed E-state index contributed by atoms with van der Waals surface area (Å²) in [4.78, 5) is 24.2. The van der Waals surface area contributed by atoms with Crippen LogP contribution in [0.3, 0.4) is 0 Å². The number of rotatable bonds is 3. The van der Waals surface area contributed by atoms with Crippen LogP contribution in [0.1, 0.15) is 36.5 Å². The van der Waals surface area contributed by atoms with E-state index in [9.17, 15) is 9.59 Å². The molecule has 2 N–H and O–H groups in total. The molecule has 0 atom stereocenters. The summed E-state index contributed by atoms with van der Waals surface area (Å²) in [5, 5.41) is 5.33. The van der Waals surface area contributed by atoms with Crippen LogP contribution in [0.4, 0.5) is 11.4 Å². The summed E-state index contributed by atoms with van der Waals surface area (Å²) >= 11 is 0. The maximum atomic E-state index is 12.1. The van der Waals surface area contributed by atoms with Crippen LogP contribution in [0.2, 0.25) is 0 Å². The van der Waals surface area contributed by atoms with Crippen LogP contribution < -0.4 is 10.6 Å². The first-order chi connectivity index (χ1) is 10.9. The highest BCUT2D eigenvalue weighted by Gasteiger charge is 2.16. The van der Waals surface area contributed by atoms with Crippen LogP contribution >= 0.6 is 0 Å². The second-order valence-corrected chi connectivity index (χ2v) is 6.03. The Kier molecular flexibility index (Phi) is 5.16. The van der Waals surface area contributed by atoms with E-state index in [1.54, 1.807) is 6.07 Å². The summed E-state index contributed by atoms with van der Waals surface area (Å²) in [5.74, 6) is -1.08. The second-order valence-electron chi connectivity index (χ2n) is 6.03. The molecule has 0 bridgehead atoms. The second kappa shape index (κ2) is 7.09. The summed E-state index contributed by atoms with van der Waals surface area (Å²) in [6, 6.07) is 13.2. The van der Waals surface area contributed by atoms with E-state index in [4.69, 9.17) is 0 Å². The van der Waals surface area contributed by atoms with E-state index in [0.29, 0.717) is 11.4 Å². The largest absolute Gasteiger partial charge is 0.318 e. The van der Waals surface area contributed by atoms with Crippen molar-refractivity contribution >= 4 is 23.2 Å². The maximum absolute atomic E-state index is 12.1. The monoisotopic (exact) mass is 310 g/mol. The number of hydrogen-bond acceptors (Lipinski definition) is 2. The number of amides is 2. The standard InChI is InChI=1S/C19H22N2O2/c1-12(2)16-7-5-6-8-17(16)21-19(23)18(22)20-15-10-13(3)9-14(4)11-15/h5-12H,1-4H3,(H,20,22)(H,21,23). The Bertz CT molecular complexity index is 716. The van der Waals surface area contributed by atoms with Crippen LogP contribution in [0.15, 0.2) is 42.5 Å². The lowest BCUT2D eigenvalue weighted by atomic mass is 10.0. The fourth-order valence-electron chi connectivity index (χ4n) is 2.53. The molecule has 0 heterocycles. The van der Waals surface area contributed by atoms with Crippen LogP contribution in [0.5, 0.6) is 0 Å². The van der Waals surface area contributed by atoms with Crippen molar-refractivity contribution in [1.29, 1.82) is 0 Å². The number of carbonyl (C=O) groups excluding carboxylic acids is 2. The maximum Gasteiger partial charge on any atom is 0.314 e. The first kappa shape index (κ1) is 16.7. The Labute approximate surface area is 136 Å². The highest BCUT2D eigenvalue weighted by Crippen LogP contribution is 2.23. The predicted molar refractivity (Wildman–Crippen MR) is 93.7 cm³/mol. The molecular weight excluding hydrogens is 288 g/mol. The van der Waals surface area contributed by atoms with Crippen molar-refractivity contribution in [3.05, 3.63) is 59.2 Å². The Morgan fingerprint density at radius 2 is 1.43 bits per heavy atom. The topological polar surface area (TPSA) is 58.2 Å². The average Bonchev–Trinajstić information content (AvgIpc) is 2.46. The van der Waals surface area contributed by atoms with E-state index in [1.807, 2.05) is 64.1 Å². The third kappa shape index (κ3) is 4.42. The van der Waals surface area contributed by atoms with Gasteiger partial charge in [-0.25, -0.2) is 0 Å². The third-order valence-corrected chi connectivity index (χ3v) is 3.52. The Morgan fingerprint density at radius 3 is 2.04 bits per heavy atom. The molecule has 0 radical (unpaired) electrons. The van der Waals surface area contributed by atoms with Crippen LogP contribution in [-0.4, -0.2) is 11.8 Å². The predicted octanol–water partition coefficient (Wildman–Crippen LogP) is 4.00. The minimum Gasteiger partial charge on any atom is -0.318 e. The van der Waals surface area contributed by atoms with Gasteiger partial charge in [0, 0.05) is 11.4 Å². The van der Waals surface area contributed by atoms with Gasteiger partial charge < -0.3 is 10.6 Å². The summed E-state index contributed by atoms with van der Waals surface area (Å²) in [6.45, 7) is 7.98. The van der Waals surface area contributed by atoms with E-state index in [2.05, 4.69) is 10.6 Å². The van der Waals surface area contributed by atoms with Crippen molar-refractivity contribution in [2.75, 3.05) is 10.6 Å². The lowest BCUT2D eigenvalue weighted by Gasteiger charge is -2.13. The summed E-state index contributed by atoms with van der Waals surface area (Å²) in [5.41, 5.74) is 4.36. The van der Waals surface area contributed by atoms with E-state index >= 15 is 0 Å². The molecule has 0 aliphatic heterocycles. The first-order valence-corrected chi connectivity index (χ1v) is 7.66. The Hall–Kier alpha value is -2.62. The van der Waals surface area contributed by atoms with Crippen molar-refractivity contribution in [3.8, 4) is 0 Å². The van der Waals surface area contributed by atoms with Gasteiger partial charge in [0.15, 0.2) is 0 Å². The number of nitrogens with one attached hydrogen (secondary N) is 2. The van der Waals surface area contributed by atoms with Crippen molar-refractivity contribution in [2.45, 2.75) is 33.6 Å². The van der Waals surface area contributed by atoms with Crippen molar-refractivity contribution < 1.29 is 9.59 Å². The molecule has 0 spiro atoms. The molecule has 0 saturated carbocycles. The molecule has 23 heavy (non-hydrogen) atoms. The van der Waals surface area contributed by atoms with Crippen LogP contribution in [0.25, 0.3) is 0 Å². The molecule has 2 amide bonds. The van der Waals surface area contributed by atoms with Gasteiger partial charge in [0.1, 0.15) is 0 Å². The molecule has 0 aliphatic rings. The molecule has 2 aromatic rings. The fraction of sp³-hybridized carbons (Fsp3) is 0.263. The molecule has 0 unspecified atom stereocenters. The molecular formula is C19H22N2O2. The number of hydrogen-bond donors (Lipinski definition) is 2. The van der Waals surface area contributed by atoms with Crippen molar-refractivity contribution in [2.24, 2.45) is 0 Å². The van der Waals surface area contributed by atoms with Gasteiger partial charge in [-0.05, 0) is 54.7 Å². The number of aryl methyl sites for hydroxylation is 2. The van der Waals surface area contributed by atoms with Gasteiger partial charge >= 0.3 is 11.8 Å². The molecule has 0 saturated heterocycles. The van der Waals surface area contributed by atoms with Gasteiger partial charge in [0.2, 0.25) is 0 Å². The minimum atomic E-state index is -0.673. The van der Waals surface area contributed by atoms with E-state index in [0.717, 1.165) is 16.7 Å². The molecule has 120 valence electrons. The zero-order valence-corrected chi connectivity index (χ0v) is 13.9. The normalized spacial score (nSPS) is 10.5. The smallest absolute Gasteiger partial charge is 0.314 e. The molecule has 0 aliphatic carbocycles. The minimum absolute atomic E-state index is 0.258. The SMILES string of the molecule is Cc1cc(C)cc(NC(=O)C(=O)Nc2ccccc2C(C)C)c1. The third-order valence-electron chi connectivity index (χ3n) is 3.52. The van der Waals surface area contributed by atoms with Crippen molar-refractivity contribution in [1.82, 2.24) is 0 Å². The average molecular weight is 310 g/mol. The molecule has 0 fully saturated rings. The number of benzene rings is 2. The Balaban J connectivity index is 2.10. The molecule has 2 rings (SSSR count). The molecule has 2 aromatic carbocycles. The van der Waals surface area contributed by atoms with E-state index in [1.165, 1.54) is 0 Å². The van der Waals surface area contributed by atoms with Gasteiger partial charge in [0.25, 0.3) is 0 Å². The molecule has 0 aromatic heterocycles. The number of carbonyl (C=O) groups is 2. The van der Waals surface area contributed by atoms with Crippen LogP contribution in [0, 0.1) is 13.8 Å². The zero-order valence-electron chi connectivity index (χ0n) is 13.9. The van der Waals surface area contributed by atoms with Gasteiger partial charge in [0.05, 0.1) is 0 Å². The summed E-state index contributed by atoms with van der Waals surface area (Å²) in [6.07, 6.45) is 0. The van der Waals surface area contributed by atoms with Gasteiger partial charge in [-0.15, -0.1) is 0 Å². The lowest BCUT2D eigenvalue weighted by molar-refractivity contribution is -0.133. The number of anilines is 2.